The van der Waals surface area contributed by atoms with Crippen molar-refractivity contribution >= 4 is 11.9 Å². The third kappa shape index (κ3) is 2.86. The van der Waals surface area contributed by atoms with Gasteiger partial charge in [-0.25, -0.2) is 4.79 Å². The van der Waals surface area contributed by atoms with Crippen LogP contribution in [0.4, 0.5) is 4.79 Å². The largest absolute Gasteiger partial charge is 0.339 e. The molecule has 1 heterocycles. The molecule has 1 saturated carbocycles. The van der Waals surface area contributed by atoms with Gasteiger partial charge in [0.1, 0.15) is 0 Å². The molecule has 112 valence electrons. The molecular weight excluding hydrogens is 266 g/mol. The monoisotopic (exact) mass is 287 g/mol. The van der Waals surface area contributed by atoms with Crippen LogP contribution in [0.1, 0.15) is 25.3 Å². The van der Waals surface area contributed by atoms with Crippen LogP contribution in [0.3, 0.4) is 0 Å². The first kappa shape index (κ1) is 13.9. The first-order chi connectivity index (χ1) is 10.1. The summed E-state index contributed by atoms with van der Waals surface area (Å²) in [6, 6.07) is 10.1. The number of benzene rings is 1. The molecule has 0 bridgehead atoms. The van der Waals surface area contributed by atoms with E-state index in [1.165, 1.54) is 5.56 Å². The van der Waals surface area contributed by atoms with E-state index in [2.05, 4.69) is 17.4 Å². The van der Waals surface area contributed by atoms with Gasteiger partial charge in [-0.15, -0.1) is 0 Å². The van der Waals surface area contributed by atoms with Gasteiger partial charge in [-0.3, -0.25) is 4.79 Å². The van der Waals surface area contributed by atoms with Crippen molar-refractivity contribution in [2.75, 3.05) is 26.2 Å². The zero-order valence-electron chi connectivity index (χ0n) is 12.3. The van der Waals surface area contributed by atoms with Gasteiger partial charge in [-0.2, -0.15) is 0 Å². The maximum atomic E-state index is 12.4. The molecule has 0 aromatic heterocycles. The Morgan fingerprint density at radius 2 is 1.57 bits per heavy atom. The second kappa shape index (κ2) is 5.39. The van der Waals surface area contributed by atoms with Crippen LogP contribution in [0.5, 0.6) is 0 Å². The van der Waals surface area contributed by atoms with E-state index in [1.807, 2.05) is 23.1 Å². The molecule has 1 aromatic rings. The minimum atomic E-state index is -0.171. The Kier molecular flexibility index (Phi) is 3.57. The fourth-order valence-electron chi connectivity index (χ4n) is 2.88. The smallest absolute Gasteiger partial charge is 0.318 e. The lowest BCUT2D eigenvalue weighted by molar-refractivity contribution is -0.130. The number of carbonyl (C=O) groups excluding carboxylic acids is 2. The highest BCUT2D eigenvalue weighted by Crippen LogP contribution is 2.45. The van der Waals surface area contributed by atoms with Crippen LogP contribution in [-0.2, 0) is 10.3 Å². The predicted molar refractivity (Wildman–Crippen MR) is 79.7 cm³/mol. The van der Waals surface area contributed by atoms with E-state index in [1.54, 1.807) is 11.8 Å². The molecule has 0 unspecified atom stereocenters. The zero-order valence-corrected chi connectivity index (χ0v) is 12.3. The van der Waals surface area contributed by atoms with Gasteiger partial charge >= 0.3 is 6.03 Å². The van der Waals surface area contributed by atoms with Crippen LogP contribution >= 0.6 is 0 Å². The van der Waals surface area contributed by atoms with Gasteiger partial charge in [-0.1, -0.05) is 30.3 Å². The van der Waals surface area contributed by atoms with Gasteiger partial charge in [-0.05, 0) is 18.4 Å². The lowest BCUT2D eigenvalue weighted by Crippen LogP contribution is -2.54. The minimum Gasteiger partial charge on any atom is -0.339 e. The quantitative estimate of drug-likeness (QED) is 0.897. The zero-order chi connectivity index (χ0) is 14.9. The second-order valence-corrected chi connectivity index (χ2v) is 5.87. The third-order valence-electron chi connectivity index (χ3n) is 4.43. The van der Waals surface area contributed by atoms with Crippen molar-refractivity contribution in [1.82, 2.24) is 15.1 Å². The van der Waals surface area contributed by atoms with Crippen LogP contribution in [0.2, 0.25) is 0 Å². The Morgan fingerprint density at radius 1 is 1.00 bits per heavy atom. The van der Waals surface area contributed by atoms with E-state index in [0.29, 0.717) is 26.2 Å². The van der Waals surface area contributed by atoms with Gasteiger partial charge < -0.3 is 15.1 Å². The molecule has 0 radical (unpaired) electrons. The number of amides is 3. The van der Waals surface area contributed by atoms with E-state index < -0.39 is 0 Å². The van der Waals surface area contributed by atoms with E-state index in [9.17, 15) is 9.59 Å². The van der Waals surface area contributed by atoms with Crippen LogP contribution in [0, 0.1) is 0 Å². The molecule has 3 amide bonds. The molecule has 1 aliphatic heterocycles. The Labute approximate surface area is 124 Å². The first-order valence-electron chi connectivity index (χ1n) is 7.49. The van der Waals surface area contributed by atoms with E-state index >= 15 is 0 Å². The third-order valence-corrected chi connectivity index (χ3v) is 4.43. The fraction of sp³-hybridized carbons (Fsp3) is 0.500. The topological polar surface area (TPSA) is 52.7 Å². The van der Waals surface area contributed by atoms with Gasteiger partial charge in [0.05, 0.1) is 5.54 Å². The number of hydrogen-bond acceptors (Lipinski definition) is 2. The average molecular weight is 287 g/mol. The average Bonchev–Trinajstić information content (AvgIpc) is 3.29. The van der Waals surface area contributed by atoms with Crippen molar-refractivity contribution in [3.05, 3.63) is 35.9 Å². The summed E-state index contributed by atoms with van der Waals surface area (Å²) in [5, 5.41) is 3.18. The number of hydrogen-bond donors (Lipinski definition) is 1. The van der Waals surface area contributed by atoms with Crippen LogP contribution in [-0.4, -0.2) is 47.9 Å². The second-order valence-electron chi connectivity index (χ2n) is 5.87. The van der Waals surface area contributed by atoms with Gasteiger partial charge in [0, 0.05) is 33.1 Å². The van der Waals surface area contributed by atoms with Gasteiger partial charge in [0.25, 0.3) is 0 Å². The molecule has 21 heavy (non-hydrogen) atoms. The molecule has 0 atom stereocenters. The summed E-state index contributed by atoms with van der Waals surface area (Å²) < 4.78 is 0. The number of nitrogens with one attached hydrogen (secondary N) is 1. The predicted octanol–water partition coefficient (Wildman–Crippen LogP) is 1.55. The fourth-order valence-corrected chi connectivity index (χ4v) is 2.88. The minimum absolute atomic E-state index is 0.0143. The van der Waals surface area contributed by atoms with Crippen molar-refractivity contribution in [3.8, 4) is 0 Å². The summed E-state index contributed by atoms with van der Waals surface area (Å²) in [6.45, 7) is 4.04. The molecule has 2 aliphatic rings. The Hall–Kier alpha value is -2.04. The van der Waals surface area contributed by atoms with Crippen LogP contribution in [0.15, 0.2) is 30.3 Å². The van der Waals surface area contributed by atoms with Crippen LogP contribution < -0.4 is 5.32 Å². The molecular formula is C16H21N3O2. The van der Waals surface area contributed by atoms with E-state index in [0.717, 1.165) is 12.8 Å². The summed E-state index contributed by atoms with van der Waals surface area (Å²) in [5.74, 6) is 0.0815. The van der Waals surface area contributed by atoms with Gasteiger partial charge in [0.2, 0.25) is 5.91 Å². The number of nitrogens with zero attached hydrogens (tertiary/aromatic N) is 2. The van der Waals surface area contributed by atoms with Gasteiger partial charge in [0.15, 0.2) is 0 Å². The summed E-state index contributed by atoms with van der Waals surface area (Å²) in [7, 11) is 0. The highest BCUT2D eigenvalue weighted by Gasteiger charge is 2.46. The number of rotatable bonds is 2. The Balaban J connectivity index is 1.59. The maximum absolute atomic E-state index is 12.4. The lowest BCUT2D eigenvalue weighted by Gasteiger charge is -2.35. The normalized spacial score (nSPS) is 20.0. The molecule has 1 N–H and O–H groups in total. The van der Waals surface area contributed by atoms with Crippen molar-refractivity contribution in [2.24, 2.45) is 0 Å². The highest BCUT2D eigenvalue weighted by atomic mass is 16.2. The maximum Gasteiger partial charge on any atom is 0.318 e. The van der Waals surface area contributed by atoms with Crippen molar-refractivity contribution in [2.45, 2.75) is 25.3 Å². The molecule has 1 saturated heterocycles. The number of urea groups is 1. The molecule has 5 heteroatoms. The van der Waals surface area contributed by atoms with Crippen molar-refractivity contribution in [1.29, 1.82) is 0 Å². The SMILES string of the molecule is CC(=O)N1CCN(C(=O)NC2(c3ccccc3)CC2)CC1. The molecule has 0 spiro atoms. The molecule has 5 nitrogen and oxygen atoms in total. The Morgan fingerprint density at radius 3 is 2.10 bits per heavy atom. The van der Waals surface area contributed by atoms with Crippen molar-refractivity contribution in [3.63, 3.8) is 0 Å². The lowest BCUT2D eigenvalue weighted by atomic mass is 10.1. The Bertz CT molecular complexity index is 532. The molecule has 1 aliphatic carbocycles. The van der Waals surface area contributed by atoms with E-state index in [-0.39, 0.29) is 17.5 Å². The highest BCUT2D eigenvalue weighted by molar-refractivity contribution is 5.77. The van der Waals surface area contributed by atoms with Crippen molar-refractivity contribution < 1.29 is 9.59 Å². The first-order valence-corrected chi connectivity index (χ1v) is 7.49. The molecule has 1 aromatic carbocycles. The molecule has 2 fully saturated rings. The summed E-state index contributed by atoms with van der Waals surface area (Å²) >= 11 is 0. The summed E-state index contributed by atoms with van der Waals surface area (Å²) in [4.78, 5) is 27.3. The number of piperazine rings is 1. The summed E-state index contributed by atoms with van der Waals surface area (Å²) in [5.41, 5.74) is 1.01. The summed E-state index contributed by atoms with van der Waals surface area (Å²) in [6.07, 6.45) is 1.99. The van der Waals surface area contributed by atoms with Crippen LogP contribution in [0.25, 0.3) is 0 Å². The molecule has 3 rings (SSSR count). The standard InChI is InChI=1S/C16H21N3O2/c1-13(20)18-9-11-19(12-10-18)15(21)17-16(7-8-16)14-5-3-2-4-6-14/h2-6H,7-12H2,1H3,(H,17,21). The van der Waals surface area contributed by atoms with E-state index in [4.69, 9.17) is 0 Å². The number of carbonyl (C=O) groups is 2.